The third kappa shape index (κ3) is 5.01. The fraction of sp³-hybridized carbons (Fsp3) is 0.316. The summed E-state index contributed by atoms with van der Waals surface area (Å²) < 4.78 is 5.20. The Morgan fingerprint density at radius 1 is 1.18 bits per heavy atom. The van der Waals surface area contributed by atoms with Crippen LogP contribution in [0, 0.1) is 0 Å². The normalized spacial score (nSPS) is 10.6. The number of amides is 1. The molecular weight excluding hydrogens is 378 g/mol. The number of aromatic amines is 1. The fourth-order valence-corrected chi connectivity index (χ4v) is 3.12. The molecular formula is C19H21N5O3S. The minimum absolute atomic E-state index is 0.0645. The molecule has 0 aliphatic heterocycles. The van der Waals surface area contributed by atoms with Gasteiger partial charge in [-0.2, -0.15) is 5.10 Å². The van der Waals surface area contributed by atoms with Gasteiger partial charge >= 0.3 is 5.97 Å². The summed E-state index contributed by atoms with van der Waals surface area (Å²) in [5, 5.41) is 17.9. The molecule has 1 aromatic carbocycles. The predicted molar refractivity (Wildman–Crippen MR) is 105 cm³/mol. The lowest BCUT2D eigenvalue weighted by molar-refractivity contribution is 0.0464. The monoisotopic (exact) mass is 399 g/mol. The van der Waals surface area contributed by atoms with E-state index in [1.807, 2.05) is 31.2 Å². The predicted octanol–water partition coefficient (Wildman–Crippen LogP) is 3.39. The number of nitrogens with one attached hydrogen (secondary N) is 2. The summed E-state index contributed by atoms with van der Waals surface area (Å²) in [7, 11) is 0. The number of hydrogen-bond acceptors (Lipinski definition) is 7. The third-order valence-corrected chi connectivity index (χ3v) is 4.86. The van der Waals surface area contributed by atoms with Crippen LogP contribution in [0.3, 0.4) is 0 Å². The van der Waals surface area contributed by atoms with E-state index >= 15 is 0 Å². The molecule has 0 unspecified atom stereocenters. The highest BCUT2D eigenvalue weighted by atomic mass is 32.1. The molecule has 9 heteroatoms. The largest absolute Gasteiger partial charge is 0.453 e. The quantitative estimate of drug-likeness (QED) is 0.562. The van der Waals surface area contributed by atoms with Crippen molar-refractivity contribution < 1.29 is 14.3 Å². The first-order valence-corrected chi connectivity index (χ1v) is 9.84. The van der Waals surface area contributed by atoms with Crippen molar-refractivity contribution in [1.82, 2.24) is 20.4 Å². The number of aromatic nitrogens is 4. The van der Waals surface area contributed by atoms with Gasteiger partial charge in [-0.25, -0.2) is 4.79 Å². The molecule has 0 aliphatic carbocycles. The molecule has 146 valence electrons. The molecule has 0 bridgehead atoms. The molecule has 0 aliphatic rings. The van der Waals surface area contributed by atoms with E-state index in [9.17, 15) is 9.59 Å². The van der Waals surface area contributed by atoms with E-state index in [4.69, 9.17) is 4.74 Å². The van der Waals surface area contributed by atoms with Gasteiger partial charge in [0.05, 0.1) is 0 Å². The van der Waals surface area contributed by atoms with Gasteiger partial charge in [0.15, 0.2) is 10.7 Å². The van der Waals surface area contributed by atoms with E-state index in [1.54, 1.807) is 6.07 Å². The SMILES string of the molecule is CCCc1cc(C(=O)OCc2nnc(C(=O)Nc3ccc(CC)cc3)s2)n[nH]1. The van der Waals surface area contributed by atoms with Crippen molar-refractivity contribution in [1.29, 1.82) is 0 Å². The summed E-state index contributed by atoms with van der Waals surface area (Å²) in [5.41, 5.74) is 2.99. The second-order valence-corrected chi connectivity index (χ2v) is 7.17. The molecule has 3 aromatic rings. The summed E-state index contributed by atoms with van der Waals surface area (Å²) in [4.78, 5) is 24.3. The van der Waals surface area contributed by atoms with E-state index in [0.717, 1.165) is 36.3 Å². The number of H-pyrrole nitrogens is 1. The van der Waals surface area contributed by atoms with Crippen LogP contribution in [0.4, 0.5) is 5.69 Å². The second-order valence-electron chi connectivity index (χ2n) is 6.11. The van der Waals surface area contributed by atoms with E-state index < -0.39 is 5.97 Å². The summed E-state index contributed by atoms with van der Waals surface area (Å²) in [5.74, 6) is -0.897. The van der Waals surface area contributed by atoms with Gasteiger partial charge in [-0.3, -0.25) is 9.89 Å². The molecule has 2 heterocycles. The van der Waals surface area contributed by atoms with Crippen LogP contribution in [0.1, 0.15) is 56.8 Å². The third-order valence-electron chi connectivity index (χ3n) is 3.97. The number of benzene rings is 1. The Bertz CT molecular complexity index is 949. The van der Waals surface area contributed by atoms with E-state index in [0.29, 0.717) is 10.7 Å². The number of ether oxygens (including phenoxy) is 1. The first-order chi connectivity index (χ1) is 13.6. The lowest BCUT2D eigenvalue weighted by Crippen LogP contribution is -2.11. The van der Waals surface area contributed by atoms with Gasteiger partial charge in [0.25, 0.3) is 5.91 Å². The Morgan fingerprint density at radius 2 is 1.96 bits per heavy atom. The van der Waals surface area contributed by atoms with E-state index in [1.165, 1.54) is 5.56 Å². The number of carbonyl (C=O) groups is 2. The summed E-state index contributed by atoms with van der Waals surface area (Å²) in [6, 6.07) is 9.28. The van der Waals surface area contributed by atoms with Crippen molar-refractivity contribution in [3.8, 4) is 0 Å². The van der Waals surface area contributed by atoms with Crippen LogP contribution in [-0.4, -0.2) is 32.3 Å². The summed E-state index contributed by atoms with van der Waals surface area (Å²) >= 11 is 1.08. The average molecular weight is 399 g/mol. The van der Waals surface area contributed by atoms with E-state index in [2.05, 4.69) is 32.6 Å². The van der Waals surface area contributed by atoms with Gasteiger partial charge in [-0.05, 0) is 36.6 Å². The molecule has 0 saturated carbocycles. The maximum Gasteiger partial charge on any atom is 0.359 e. The minimum Gasteiger partial charge on any atom is -0.453 e. The van der Waals surface area contributed by atoms with Gasteiger partial charge in [-0.1, -0.05) is 43.7 Å². The number of hydrogen-bond donors (Lipinski definition) is 2. The fourth-order valence-electron chi connectivity index (χ4n) is 2.48. The number of carbonyl (C=O) groups excluding carboxylic acids is 2. The van der Waals surface area contributed by atoms with Crippen LogP contribution >= 0.6 is 11.3 Å². The Morgan fingerprint density at radius 3 is 2.68 bits per heavy atom. The van der Waals surface area contributed by atoms with Crippen LogP contribution in [0.25, 0.3) is 0 Å². The molecule has 28 heavy (non-hydrogen) atoms. The number of aryl methyl sites for hydroxylation is 2. The van der Waals surface area contributed by atoms with Crippen LogP contribution in [0.15, 0.2) is 30.3 Å². The Labute approximate surface area is 166 Å². The zero-order valence-electron chi connectivity index (χ0n) is 15.7. The van der Waals surface area contributed by atoms with Crippen molar-refractivity contribution in [2.24, 2.45) is 0 Å². The topological polar surface area (TPSA) is 110 Å². The van der Waals surface area contributed by atoms with Crippen LogP contribution < -0.4 is 5.32 Å². The molecule has 1 amide bonds. The molecule has 0 fully saturated rings. The van der Waals surface area contributed by atoms with Crippen LogP contribution in [-0.2, 0) is 24.2 Å². The zero-order chi connectivity index (χ0) is 19.9. The Balaban J connectivity index is 1.54. The summed E-state index contributed by atoms with van der Waals surface area (Å²) in [6.07, 6.45) is 2.70. The van der Waals surface area contributed by atoms with Gasteiger partial charge in [0, 0.05) is 11.4 Å². The molecule has 0 spiro atoms. The van der Waals surface area contributed by atoms with Crippen LogP contribution in [0.2, 0.25) is 0 Å². The van der Waals surface area contributed by atoms with Crippen molar-refractivity contribution >= 4 is 28.9 Å². The molecule has 2 aromatic heterocycles. The number of rotatable bonds is 8. The lowest BCUT2D eigenvalue weighted by atomic mass is 10.1. The smallest absolute Gasteiger partial charge is 0.359 e. The Kier molecular flexibility index (Phi) is 6.49. The second kappa shape index (κ2) is 9.23. The molecule has 2 N–H and O–H groups in total. The first kappa shape index (κ1) is 19.7. The summed E-state index contributed by atoms with van der Waals surface area (Å²) in [6.45, 7) is 4.05. The number of anilines is 1. The van der Waals surface area contributed by atoms with Gasteiger partial charge in [0.2, 0.25) is 5.01 Å². The number of esters is 1. The van der Waals surface area contributed by atoms with Crippen molar-refractivity contribution in [3.05, 3.63) is 57.3 Å². The van der Waals surface area contributed by atoms with Crippen molar-refractivity contribution in [2.45, 2.75) is 39.7 Å². The van der Waals surface area contributed by atoms with Gasteiger partial charge < -0.3 is 10.1 Å². The highest BCUT2D eigenvalue weighted by Gasteiger charge is 2.16. The maximum atomic E-state index is 12.3. The first-order valence-electron chi connectivity index (χ1n) is 9.03. The molecule has 0 saturated heterocycles. The average Bonchev–Trinajstić information content (AvgIpc) is 3.37. The molecule has 0 atom stereocenters. The van der Waals surface area contributed by atoms with Crippen molar-refractivity contribution in [3.63, 3.8) is 0 Å². The molecule has 0 radical (unpaired) electrons. The Hall–Kier alpha value is -3.07. The standard InChI is InChI=1S/C19H21N5O3S/c1-3-5-14-10-15(22-21-14)19(26)27-11-16-23-24-18(28-16)17(25)20-13-8-6-12(4-2)7-9-13/h6-10H,3-5,11H2,1-2H3,(H,20,25)(H,21,22). The molecule has 3 rings (SSSR count). The number of nitrogens with zero attached hydrogens (tertiary/aromatic N) is 3. The highest BCUT2D eigenvalue weighted by Crippen LogP contribution is 2.16. The van der Waals surface area contributed by atoms with Gasteiger partial charge in [0.1, 0.15) is 6.61 Å². The maximum absolute atomic E-state index is 12.3. The van der Waals surface area contributed by atoms with Crippen LogP contribution in [0.5, 0.6) is 0 Å². The molecule has 8 nitrogen and oxygen atoms in total. The van der Waals surface area contributed by atoms with E-state index in [-0.39, 0.29) is 23.2 Å². The minimum atomic E-state index is -0.546. The lowest BCUT2D eigenvalue weighted by Gasteiger charge is -2.03. The van der Waals surface area contributed by atoms with Gasteiger partial charge in [-0.15, -0.1) is 10.2 Å². The highest BCUT2D eigenvalue weighted by molar-refractivity contribution is 7.13. The van der Waals surface area contributed by atoms with Crippen molar-refractivity contribution in [2.75, 3.05) is 5.32 Å². The zero-order valence-corrected chi connectivity index (χ0v) is 16.5.